The van der Waals surface area contributed by atoms with Crippen molar-refractivity contribution in [2.24, 2.45) is 0 Å². The van der Waals surface area contributed by atoms with Crippen molar-refractivity contribution in [3.63, 3.8) is 0 Å². The molecule has 0 fully saturated rings. The van der Waals surface area contributed by atoms with Gasteiger partial charge in [-0.05, 0) is 49.4 Å². The summed E-state index contributed by atoms with van der Waals surface area (Å²) in [7, 11) is 0. The molecule has 0 aliphatic rings. The summed E-state index contributed by atoms with van der Waals surface area (Å²) in [6.45, 7) is 1.84. The Balaban J connectivity index is 1.53. The van der Waals surface area contributed by atoms with Crippen LogP contribution in [0.15, 0.2) is 71.3 Å². The molecule has 0 saturated carbocycles. The number of anilines is 1. The molecule has 4 aromatic rings. The highest BCUT2D eigenvalue weighted by molar-refractivity contribution is 5.95. The molecule has 0 aliphatic heterocycles. The first kappa shape index (κ1) is 23.1. The van der Waals surface area contributed by atoms with Crippen molar-refractivity contribution in [2.75, 3.05) is 5.32 Å². The first-order valence-electron chi connectivity index (χ1n) is 10.5. The van der Waals surface area contributed by atoms with Gasteiger partial charge >= 0.3 is 6.18 Å². The zero-order valence-electron chi connectivity index (χ0n) is 18.1. The topological polar surface area (TPSA) is 89.2 Å². The van der Waals surface area contributed by atoms with Gasteiger partial charge in [0.1, 0.15) is 5.76 Å². The minimum Gasteiger partial charge on any atom is -0.467 e. The molecule has 1 unspecified atom stereocenters. The number of hydrogen-bond acceptors (Lipinski definition) is 4. The highest BCUT2D eigenvalue weighted by Crippen LogP contribution is 2.32. The molecule has 0 aliphatic carbocycles. The van der Waals surface area contributed by atoms with Crippen LogP contribution in [0.25, 0.3) is 11.0 Å². The molecule has 4 rings (SSSR count). The van der Waals surface area contributed by atoms with Crippen LogP contribution in [0, 0.1) is 0 Å². The van der Waals surface area contributed by atoms with E-state index in [9.17, 15) is 22.8 Å². The first-order chi connectivity index (χ1) is 16.2. The molecule has 2 heterocycles. The normalized spacial score (nSPS) is 12.5. The number of alkyl halides is 3. The second-order valence-electron chi connectivity index (χ2n) is 7.80. The van der Waals surface area contributed by atoms with Crippen molar-refractivity contribution in [3.8, 4) is 0 Å². The molecule has 176 valence electrons. The third-order valence-electron chi connectivity index (χ3n) is 5.13. The molecule has 0 spiro atoms. The molecule has 0 bridgehead atoms. The number of fused-ring (bicyclic) bond motifs is 1. The summed E-state index contributed by atoms with van der Waals surface area (Å²) in [5.41, 5.74) is 0.125. The lowest BCUT2D eigenvalue weighted by molar-refractivity contribution is -0.137. The van der Waals surface area contributed by atoms with Crippen LogP contribution < -0.4 is 10.6 Å². The summed E-state index contributed by atoms with van der Waals surface area (Å²) in [6.07, 6.45) is -3.10. The van der Waals surface area contributed by atoms with E-state index < -0.39 is 23.7 Å². The molecule has 0 saturated heterocycles. The number of benzene rings is 2. The maximum absolute atomic E-state index is 13.2. The Morgan fingerprint density at radius 3 is 2.53 bits per heavy atom. The molecule has 0 radical (unpaired) electrons. The van der Waals surface area contributed by atoms with Crippen molar-refractivity contribution < 1.29 is 27.2 Å². The van der Waals surface area contributed by atoms with Gasteiger partial charge in [0.25, 0.3) is 5.91 Å². The molecule has 7 nitrogen and oxygen atoms in total. The van der Waals surface area contributed by atoms with Crippen molar-refractivity contribution in [1.29, 1.82) is 0 Å². The maximum Gasteiger partial charge on any atom is 0.416 e. The largest absolute Gasteiger partial charge is 0.467 e. The average molecular weight is 470 g/mol. The summed E-state index contributed by atoms with van der Waals surface area (Å²) in [6, 6.07) is 14.7. The summed E-state index contributed by atoms with van der Waals surface area (Å²) >= 11 is 0. The standard InChI is InChI=1S/C24H21F3N4O3/c1-15(28-22(33)16-6-3-2-4-7-16)12-21(32)30-23-29-19-13-17(24(25,26)27)9-10-20(19)31(23)14-18-8-5-11-34-18/h2-11,13,15H,12,14H2,1H3,(H,28,33)(H,29,30,32). The van der Waals surface area contributed by atoms with Gasteiger partial charge in [0.15, 0.2) is 0 Å². The zero-order valence-corrected chi connectivity index (χ0v) is 18.1. The van der Waals surface area contributed by atoms with Crippen molar-refractivity contribution >= 4 is 28.8 Å². The number of carbonyl (C=O) groups excluding carboxylic acids is 2. The lowest BCUT2D eigenvalue weighted by Gasteiger charge is -2.14. The summed E-state index contributed by atoms with van der Waals surface area (Å²) < 4.78 is 46.4. The van der Waals surface area contributed by atoms with Crippen LogP contribution >= 0.6 is 0 Å². The van der Waals surface area contributed by atoms with Gasteiger partial charge in [-0.25, -0.2) is 4.98 Å². The number of amides is 2. The highest BCUT2D eigenvalue weighted by atomic mass is 19.4. The Bertz CT molecular complexity index is 1300. The van der Waals surface area contributed by atoms with Gasteiger partial charge in [-0.15, -0.1) is 0 Å². The Kier molecular flexibility index (Phi) is 6.40. The predicted molar refractivity (Wildman–Crippen MR) is 119 cm³/mol. The summed E-state index contributed by atoms with van der Waals surface area (Å²) in [5.74, 6) is -0.144. The third kappa shape index (κ3) is 5.28. The van der Waals surface area contributed by atoms with Gasteiger partial charge in [0, 0.05) is 18.0 Å². The number of imidazole rings is 1. The number of aromatic nitrogens is 2. The van der Waals surface area contributed by atoms with E-state index in [2.05, 4.69) is 15.6 Å². The van der Waals surface area contributed by atoms with Crippen molar-refractivity contribution in [2.45, 2.75) is 32.1 Å². The van der Waals surface area contributed by atoms with E-state index >= 15 is 0 Å². The van der Waals surface area contributed by atoms with Crippen LogP contribution in [0.4, 0.5) is 19.1 Å². The van der Waals surface area contributed by atoms with Crippen LogP contribution in [-0.2, 0) is 17.5 Å². The van der Waals surface area contributed by atoms with Gasteiger partial charge in [0.2, 0.25) is 11.9 Å². The van der Waals surface area contributed by atoms with Crippen molar-refractivity contribution in [1.82, 2.24) is 14.9 Å². The van der Waals surface area contributed by atoms with E-state index in [4.69, 9.17) is 4.42 Å². The maximum atomic E-state index is 13.2. The SMILES string of the molecule is CC(CC(=O)Nc1nc2cc(C(F)(F)F)ccc2n1Cc1ccco1)NC(=O)c1ccccc1. The molecule has 10 heteroatoms. The fraction of sp³-hybridized carbons (Fsp3) is 0.208. The highest BCUT2D eigenvalue weighted by Gasteiger charge is 2.31. The Morgan fingerprint density at radius 2 is 1.85 bits per heavy atom. The minimum atomic E-state index is -4.52. The predicted octanol–water partition coefficient (Wildman–Crippen LogP) is 4.84. The van der Waals surface area contributed by atoms with Gasteiger partial charge < -0.3 is 14.3 Å². The number of furan rings is 1. The average Bonchev–Trinajstić information content (AvgIpc) is 3.41. The van der Waals surface area contributed by atoms with E-state index in [0.29, 0.717) is 16.8 Å². The summed E-state index contributed by atoms with van der Waals surface area (Å²) in [4.78, 5) is 29.2. The van der Waals surface area contributed by atoms with Crippen LogP contribution in [0.1, 0.15) is 35.0 Å². The van der Waals surface area contributed by atoms with Crippen LogP contribution in [0.2, 0.25) is 0 Å². The zero-order chi connectivity index (χ0) is 24.3. The fourth-order valence-electron chi connectivity index (χ4n) is 3.52. The number of hydrogen-bond donors (Lipinski definition) is 2. The number of halogens is 3. The third-order valence-corrected chi connectivity index (χ3v) is 5.13. The second kappa shape index (κ2) is 9.42. The quantitative estimate of drug-likeness (QED) is 0.404. The molecule has 2 aromatic carbocycles. The molecule has 2 aromatic heterocycles. The monoisotopic (exact) mass is 470 g/mol. The van der Waals surface area contributed by atoms with Crippen LogP contribution in [-0.4, -0.2) is 27.4 Å². The molecular formula is C24H21F3N4O3. The first-order valence-corrected chi connectivity index (χ1v) is 10.5. The Labute approximate surface area is 192 Å². The smallest absolute Gasteiger partial charge is 0.416 e. The van der Waals surface area contributed by atoms with Gasteiger partial charge in [-0.2, -0.15) is 13.2 Å². The minimum absolute atomic E-state index is 0.0592. The van der Waals surface area contributed by atoms with E-state index in [-0.39, 0.29) is 30.3 Å². The van der Waals surface area contributed by atoms with E-state index in [1.807, 2.05) is 0 Å². The fourth-order valence-corrected chi connectivity index (χ4v) is 3.52. The molecular weight excluding hydrogens is 449 g/mol. The summed E-state index contributed by atoms with van der Waals surface area (Å²) in [5, 5.41) is 5.40. The van der Waals surface area contributed by atoms with Gasteiger partial charge in [-0.3, -0.25) is 14.9 Å². The molecule has 2 amide bonds. The van der Waals surface area contributed by atoms with E-state index in [1.54, 1.807) is 54.0 Å². The number of carbonyl (C=O) groups is 2. The molecule has 1 atom stereocenters. The number of nitrogens with zero attached hydrogens (tertiary/aromatic N) is 2. The van der Waals surface area contributed by atoms with Gasteiger partial charge in [-0.1, -0.05) is 18.2 Å². The van der Waals surface area contributed by atoms with Crippen LogP contribution in [0.3, 0.4) is 0 Å². The van der Waals surface area contributed by atoms with E-state index in [0.717, 1.165) is 12.1 Å². The Hall–Kier alpha value is -4.08. The number of rotatable bonds is 7. The van der Waals surface area contributed by atoms with E-state index in [1.165, 1.54) is 12.3 Å². The van der Waals surface area contributed by atoms with Gasteiger partial charge in [0.05, 0.1) is 29.4 Å². The molecule has 34 heavy (non-hydrogen) atoms. The molecule has 2 N–H and O–H groups in total. The Morgan fingerprint density at radius 1 is 1.09 bits per heavy atom. The lowest BCUT2D eigenvalue weighted by atomic mass is 10.1. The van der Waals surface area contributed by atoms with Crippen LogP contribution in [0.5, 0.6) is 0 Å². The number of nitrogens with one attached hydrogen (secondary N) is 2. The second-order valence-corrected chi connectivity index (χ2v) is 7.80. The van der Waals surface area contributed by atoms with Crippen molar-refractivity contribution in [3.05, 3.63) is 83.8 Å². The lowest BCUT2D eigenvalue weighted by Crippen LogP contribution is -2.35.